The molecule has 0 aromatic heterocycles. The summed E-state index contributed by atoms with van der Waals surface area (Å²) >= 11 is 0. The van der Waals surface area contributed by atoms with Gasteiger partial charge in [-0.3, -0.25) is 19.8 Å². The Bertz CT molecular complexity index is 685. The topological polar surface area (TPSA) is 78.7 Å². The molecule has 1 amide bonds. The molecule has 2 fully saturated rings. The van der Waals surface area contributed by atoms with Gasteiger partial charge in [0, 0.05) is 50.0 Å². The third-order valence-electron chi connectivity index (χ3n) is 6.70. The fourth-order valence-electron chi connectivity index (χ4n) is 4.41. The largest absolute Gasteiger partial charge is 0.369 e. The van der Waals surface area contributed by atoms with Crippen molar-refractivity contribution >= 4 is 17.3 Å². The quantitative estimate of drug-likeness (QED) is 0.620. The Morgan fingerprint density at radius 2 is 1.79 bits per heavy atom. The van der Waals surface area contributed by atoms with Crippen molar-refractivity contribution in [3.05, 3.63) is 34.4 Å². The lowest BCUT2D eigenvalue weighted by atomic mass is 9.78. The van der Waals surface area contributed by atoms with Crippen LogP contribution in [0.15, 0.2) is 24.3 Å². The molecule has 1 aliphatic carbocycles. The molecule has 154 valence electrons. The Morgan fingerprint density at radius 3 is 2.39 bits per heavy atom. The van der Waals surface area contributed by atoms with E-state index in [0.717, 1.165) is 38.3 Å². The first-order chi connectivity index (χ1) is 13.4. The Kier molecular flexibility index (Phi) is 6.54. The predicted molar refractivity (Wildman–Crippen MR) is 110 cm³/mol. The standard InChI is InChI=1S/C21H32N4O3/c1-15-5-4-6-20(16(15)2)22-21(26)17(3)23-11-13-24(14-12-23)18-7-9-19(10-8-18)25(27)28/h7-10,15-17,20H,4-6,11-14H2,1-3H3,(H,22,26)/t15-,16+,17+,20+/m0/s1. The van der Waals surface area contributed by atoms with Gasteiger partial charge in [0.05, 0.1) is 11.0 Å². The van der Waals surface area contributed by atoms with E-state index in [9.17, 15) is 14.9 Å². The third-order valence-corrected chi connectivity index (χ3v) is 6.70. The van der Waals surface area contributed by atoms with Crippen LogP contribution >= 0.6 is 0 Å². The normalized spacial score (nSPS) is 27.2. The fourth-order valence-corrected chi connectivity index (χ4v) is 4.41. The number of nitro benzene ring substituents is 1. The lowest BCUT2D eigenvalue weighted by Gasteiger charge is -2.40. The molecule has 2 aliphatic rings. The zero-order chi connectivity index (χ0) is 20.3. The molecule has 1 saturated heterocycles. The van der Waals surface area contributed by atoms with Gasteiger partial charge < -0.3 is 10.2 Å². The minimum Gasteiger partial charge on any atom is -0.369 e. The summed E-state index contributed by atoms with van der Waals surface area (Å²) in [4.78, 5) is 27.7. The number of hydrogen-bond donors (Lipinski definition) is 1. The summed E-state index contributed by atoms with van der Waals surface area (Å²) in [6, 6.07) is 6.85. The minimum absolute atomic E-state index is 0.110. The molecule has 28 heavy (non-hydrogen) atoms. The van der Waals surface area contributed by atoms with Crippen molar-refractivity contribution in [2.24, 2.45) is 11.8 Å². The van der Waals surface area contributed by atoms with Crippen LogP contribution in [0.2, 0.25) is 0 Å². The maximum Gasteiger partial charge on any atom is 0.269 e. The van der Waals surface area contributed by atoms with Crippen LogP contribution in [-0.2, 0) is 4.79 Å². The van der Waals surface area contributed by atoms with Crippen LogP contribution < -0.4 is 10.2 Å². The smallest absolute Gasteiger partial charge is 0.269 e. The number of nitrogens with one attached hydrogen (secondary N) is 1. The van der Waals surface area contributed by atoms with Crippen LogP contribution in [0.4, 0.5) is 11.4 Å². The zero-order valence-corrected chi connectivity index (χ0v) is 17.1. The fraction of sp³-hybridized carbons (Fsp3) is 0.667. The van der Waals surface area contributed by atoms with Crippen molar-refractivity contribution in [2.75, 3.05) is 31.1 Å². The predicted octanol–water partition coefficient (Wildman–Crippen LogP) is 3.05. The van der Waals surface area contributed by atoms with Crippen LogP contribution in [0.1, 0.15) is 40.0 Å². The van der Waals surface area contributed by atoms with Gasteiger partial charge in [0.15, 0.2) is 0 Å². The molecule has 7 heteroatoms. The van der Waals surface area contributed by atoms with Gasteiger partial charge in [0.1, 0.15) is 0 Å². The summed E-state index contributed by atoms with van der Waals surface area (Å²) in [6.07, 6.45) is 3.53. The molecule has 0 spiro atoms. The van der Waals surface area contributed by atoms with E-state index in [0.29, 0.717) is 17.9 Å². The van der Waals surface area contributed by atoms with Crippen LogP contribution in [-0.4, -0.2) is 54.0 Å². The van der Waals surface area contributed by atoms with E-state index in [4.69, 9.17) is 0 Å². The SMILES string of the molecule is C[C@@H]1[C@@H](C)CCC[C@H]1NC(=O)[C@@H](C)N1CCN(c2ccc([N+](=O)[O-])cc2)CC1. The number of piperazine rings is 1. The Hall–Kier alpha value is -2.15. The van der Waals surface area contributed by atoms with Gasteiger partial charge in [-0.1, -0.05) is 26.7 Å². The second kappa shape index (κ2) is 8.90. The summed E-state index contributed by atoms with van der Waals surface area (Å²) in [5, 5.41) is 14.1. The van der Waals surface area contributed by atoms with Gasteiger partial charge in [0.2, 0.25) is 5.91 Å². The molecule has 1 aromatic rings. The molecule has 0 radical (unpaired) electrons. The van der Waals surface area contributed by atoms with E-state index in [1.165, 1.54) is 12.8 Å². The summed E-state index contributed by atoms with van der Waals surface area (Å²) < 4.78 is 0. The number of carbonyl (C=O) groups is 1. The number of benzene rings is 1. The first-order valence-electron chi connectivity index (χ1n) is 10.4. The number of rotatable bonds is 5. The van der Waals surface area contributed by atoms with Crippen LogP contribution in [0, 0.1) is 22.0 Å². The number of hydrogen-bond acceptors (Lipinski definition) is 5. The lowest BCUT2D eigenvalue weighted by Crippen LogP contribution is -2.56. The first kappa shape index (κ1) is 20.6. The molecular weight excluding hydrogens is 356 g/mol. The van der Waals surface area contributed by atoms with Gasteiger partial charge in [-0.05, 0) is 37.3 Å². The maximum atomic E-state index is 12.8. The molecule has 0 unspecified atom stereocenters. The van der Waals surface area contributed by atoms with Gasteiger partial charge >= 0.3 is 0 Å². The monoisotopic (exact) mass is 388 g/mol. The Morgan fingerprint density at radius 1 is 1.14 bits per heavy atom. The Balaban J connectivity index is 1.51. The highest BCUT2D eigenvalue weighted by atomic mass is 16.6. The number of nitrogens with zero attached hydrogens (tertiary/aromatic N) is 3. The maximum absolute atomic E-state index is 12.8. The van der Waals surface area contributed by atoms with Crippen molar-refractivity contribution in [2.45, 2.75) is 52.1 Å². The van der Waals surface area contributed by atoms with Gasteiger partial charge in [0.25, 0.3) is 5.69 Å². The van der Waals surface area contributed by atoms with Gasteiger partial charge in [-0.15, -0.1) is 0 Å². The van der Waals surface area contributed by atoms with E-state index in [2.05, 4.69) is 29.0 Å². The van der Waals surface area contributed by atoms with Crippen LogP contribution in [0.25, 0.3) is 0 Å². The summed E-state index contributed by atoms with van der Waals surface area (Å²) in [7, 11) is 0. The molecular formula is C21H32N4O3. The van der Waals surface area contributed by atoms with Crippen LogP contribution in [0.5, 0.6) is 0 Å². The van der Waals surface area contributed by atoms with Crippen molar-refractivity contribution < 1.29 is 9.72 Å². The molecule has 3 rings (SSSR count). The summed E-state index contributed by atoms with van der Waals surface area (Å²) in [6.45, 7) is 9.77. The van der Waals surface area contributed by atoms with Gasteiger partial charge in [-0.25, -0.2) is 0 Å². The molecule has 0 bridgehead atoms. The van der Waals surface area contributed by atoms with E-state index >= 15 is 0 Å². The second-order valence-corrected chi connectivity index (χ2v) is 8.35. The number of non-ortho nitro benzene ring substituents is 1. The van der Waals surface area contributed by atoms with Gasteiger partial charge in [-0.2, -0.15) is 0 Å². The Labute approximate surface area is 167 Å². The van der Waals surface area contributed by atoms with E-state index in [1.54, 1.807) is 24.3 Å². The molecule has 7 nitrogen and oxygen atoms in total. The highest BCUT2D eigenvalue weighted by Gasteiger charge is 2.31. The van der Waals surface area contributed by atoms with Crippen LogP contribution in [0.3, 0.4) is 0 Å². The molecule has 1 aromatic carbocycles. The zero-order valence-electron chi connectivity index (χ0n) is 17.1. The second-order valence-electron chi connectivity index (χ2n) is 8.35. The lowest BCUT2D eigenvalue weighted by molar-refractivity contribution is -0.384. The van der Waals surface area contributed by atoms with Crippen molar-refractivity contribution in [1.29, 1.82) is 0 Å². The van der Waals surface area contributed by atoms with Crippen molar-refractivity contribution in [1.82, 2.24) is 10.2 Å². The summed E-state index contributed by atoms with van der Waals surface area (Å²) in [5.74, 6) is 1.33. The third kappa shape index (κ3) is 4.63. The number of amides is 1. The molecule has 1 saturated carbocycles. The molecule has 1 aliphatic heterocycles. The number of nitro groups is 1. The number of carbonyl (C=O) groups excluding carboxylic acids is 1. The average molecular weight is 389 g/mol. The van der Waals surface area contributed by atoms with E-state index in [1.807, 2.05) is 6.92 Å². The molecule has 1 heterocycles. The molecule has 4 atom stereocenters. The molecule has 1 N–H and O–H groups in total. The average Bonchev–Trinajstić information content (AvgIpc) is 2.71. The summed E-state index contributed by atoms with van der Waals surface area (Å²) in [5.41, 5.74) is 1.10. The highest BCUT2D eigenvalue weighted by molar-refractivity contribution is 5.81. The first-order valence-corrected chi connectivity index (χ1v) is 10.4. The van der Waals surface area contributed by atoms with E-state index in [-0.39, 0.29) is 22.6 Å². The number of anilines is 1. The minimum atomic E-state index is -0.379. The highest BCUT2D eigenvalue weighted by Crippen LogP contribution is 2.29. The van der Waals surface area contributed by atoms with Crippen molar-refractivity contribution in [3.63, 3.8) is 0 Å². The van der Waals surface area contributed by atoms with E-state index < -0.39 is 0 Å². The van der Waals surface area contributed by atoms with Crippen molar-refractivity contribution in [3.8, 4) is 0 Å².